The Balaban J connectivity index is 1.81. The third-order valence-corrected chi connectivity index (χ3v) is 7.84. The Kier molecular flexibility index (Phi) is 8.86. The molecule has 0 aliphatic heterocycles. The fraction of sp³-hybridized carbons (Fsp3) is 0.184. The molecule has 0 amide bonds. The summed E-state index contributed by atoms with van der Waals surface area (Å²) in [5, 5.41) is 51.0. The van der Waals surface area contributed by atoms with Gasteiger partial charge >= 0.3 is 0 Å². The zero-order valence-corrected chi connectivity index (χ0v) is 25.2. The maximum Gasteiger partial charge on any atom is 0.100 e. The fourth-order valence-electron chi connectivity index (χ4n) is 5.91. The largest absolute Gasteiger partial charge is 0.376 e. The predicted octanol–water partition coefficient (Wildman–Crippen LogP) is 7.39. The van der Waals surface area contributed by atoms with Crippen molar-refractivity contribution in [1.29, 1.82) is 26.3 Å². The summed E-state index contributed by atoms with van der Waals surface area (Å²) in [6.07, 6.45) is 0. The summed E-state index contributed by atoms with van der Waals surface area (Å²) in [7, 11) is 0. The monoisotopic (exact) mass is 585 g/mol. The van der Waals surface area contributed by atoms with Crippen LogP contribution >= 0.6 is 0 Å². The lowest BCUT2D eigenvalue weighted by Gasteiger charge is -2.15. The highest BCUT2D eigenvalue weighted by Gasteiger charge is 2.33. The van der Waals surface area contributed by atoms with Crippen molar-refractivity contribution in [2.75, 3.05) is 26.4 Å². The number of nitriles is 5. The lowest BCUT2D eigenvalue weighted by atomic mass is 9.88. The first-order valence-electron chi connectivity index (χ1n) is 14.4. The van der Waals surface area contributed by atoms with Crippen molar-refractivity contribution in [1.82, 2.24) is 0 Å². The molecule has 0 fully saturated rings. The maximum absolute atomic E-state index is 10.5. The summed E-state index contributed by atoms with van der Waals surface area (Å²) in [5.74, 6) is 0. The second-order valence-electron chi connectivity index (χ2n) is 10.4. The van der Waals surface area contributed by atoms with Crippen molar-refractivity contribution in [3.05, 3.63) is 116 Å². The molecule has 0 radical (unpaired) electrons. The van der Waals surface area contributed by atoms with Crippen LogP contribution in [0.15, 0.2) is 71.8 Å². The van der Waals surface area contributed by atoms with Gasteiger partial charge in [-0.2, -0.15) is 26.3 Å². The molecule has 2 aliphatic rings. The molecular formula is C38H27N5O2. The van der Waals surface area contributed by atoms with Crippen LogP contribution in [-0.2, 0) is 9.47 Å². The van der Waals surface area contributed by atoms with E-state index in [0.717, 1.165) is 16.7 Å². The lowest BCUT2D eigenvalue weighted by Crippen LogP contribution is -2.02. The van der Waals surface area contributed by atoms with Gasteiger partial charge in [0.25, 0.3) is 0 Å². The van der Waals surface area contributed by atoms with Crippen LogP contribution in [-0.4, -0.2) is 26.4 Å². The van der Waals surface area contributed by atoms with Gasteiger partial charge in [0.15, 0.2) is 0 Å². The molecular weight excluding hydrogens is 558 g/mol. The zero-order chi connectivity index (χ0) is 32.1. The fourth-order valence-corrected chi connectivity index (χ4v) is 5.91. The Hall–Kier alpha value is -6.01. The van der Waals surface area contributed by atoms with E-state index in [0.29, 0.717) is 85.6 Å². The quantitative estimate of drug-likeness (QED) is 0.251. The van der Waals surface area contributed by atoms with E-state index in [2.05, 4.69) is 30.3 Å². The van der Waals surface area contributed by atoms with Gasteiger partial charge in [-0.1, -0.05) is 48.0 Å². The Morgan fingerprint density at radius 1 is 0.600 bits per heavy atom. The summed E-state index contributed by atoms with van der Waals surface area (Å²) in [5.41, 5.74) is 9.40. The van der Waals surface area contributed by atoms with Crippen LogP contribution in [0.3, 0.4) is 0 Å². The van der Waals surface area contributed by atoms with Crippen LogP contribution in [0, 0.1) is 63.6 Å². The Labute approximate surface area is 262 Å². The zero-order valence-electron chi connectivity index (χ0n) is 25.2. The van der Waals surface area contributed by atoms with Crippen molar-refractivity contribution in [3.63, 3.8) is 0 Å². The number of benzene rings is 3. The van der Waals surface area contributed by atoms with Crippen LogP contribution in [0.25, 0.3) is 33.4 Å². The Morgan fingerprint density at radius 2 is 1.11 bits per heavy atom. The maximum atomic E-state index is 10.5. The normalized spacial score (nSPS) is 15.3. The predicted molar refractivity (Wildman–Crippen MR) is 172 cm³/mol. The molecule has 0 bridgehead atoms. The van der Waals surface area contributed by atoms with Crippen LogP contribution in [0.5, 0.6) is 0 Å². The van der Waals surface area contributed by atoms with E-state index in [9.17, 15) is 26.3 Å². The van der Waals surface area contributed by atoms with E-state index in [1.807, 2.05) is 63.2 Å². The van der Waals surface area contributed by atoms with Crippen LogP contribution in [0.4, 0.5) is 0 Å². The average Bonchev–Trinajstić information content (AvgIpc) is 3.57. The lowest BCUT2D eigenvalue weighted by molar-refractivity contribution is 0.173. The third kappa shape index (κ3) is 5.34. The Bertz CT molecular complexity index is 2090. The van der Waals surface area contributed by atoms with Gasteiger partial charge in [-0.15, -0.1) is 0 Å². The minimum Gasteiger partial charge on any atom is -0.376 e. The topological polar surface area (TPSA) is 137 Å². The number of fused-ring (bicyclic) bond motifs is 2. The molecule has 0 aromatic heterocycles. The highest BCUT2D eigenvalue weighted by Crippen LogP contribution is 2.51. The second kappa shape index (κ2) is 13.1. The standard InChI is InChI=1S/C38H27N5O2/c1-4-44-21-27(17-40)37-29-11-9-23(3)13-31(29)33(19-42)35(37)25-7-6-8-26(15-25)36-34(20-43)32-14-24(16-39)10-12-30(32)38(36)28(18-41)22-45-5-2/h6-15H,4-5,21-22H2,1-3H3/b37-27-,38-28-. The molecule has 7 heteroatoms. The van der Waals surface area contributed by atoms with E-state index in [1.165, 1.54) is 0 Å². The van der Waals surface area contributed by atoms with Crippen molar-refractivity contribution in [2.24, 2.45) is 0 Å². The number of hydrogen-bond acceptors (Lipinski definition) is 7. The number of hydrogen-bond donors (Lipinski definition) is 0. The van der Waals surface area contributed by atoms with Crippen molar-refractivity contribution in [3.8, 4) is 30.3 Å². The van der Waals surface area contributed by atoms with E-state index in [1.54, 1.807) is 18.2 Å². The van der Waals surface area contributed by atoms with E-state index < -0.39 is 0 Å². The first-order valence-corrected chi connectivity index (χ1v) is 14.4. The first kappa shape index (κ1) is 30.4. The van der Waals surface area contributed by atoms with Crippen LogP contribution < -0.4 is 0 Å². The SMILES string of the molecule is CCOC/C(C#N)=C1\C(c2cccc(C3=C(C#N)c4cc(C#N)ccc4/C3=C(\C#N)COCC)c2)=C(C#N)c2cc(C)ccc21. The molecule has 0 spiro atoms. The number of ether oxygens (including phenoxy) is 2. The van der Waals surface area contributed by atoms with Gasteiger partial charge in [0.1, 0.15) is 12.1 Å². The molecule has 45 heavy (non-hydrogen) atoms. The molecule has 0 unspecified atom stereocenters. The number of nitrogens with zero attached hydrogens (tertiary/aromatic N) is 5. The molecule has 3 aromatic carbocycles. The van der Waals surface area contributed by atoms with Crippen molar-refractivity contribution < 1.29 is 9.47 Å². The van der Waals surface area contributed by atoms with Gasteiger partial charge in [0, 0.05) is 46.6 Å². The highest BCUT2D eigenvalue weighted by atomic mass is 16.5. The molecule has 0 saturated carbocycles. The molecule has 0 saturated heterocycles. The third-order valence-electron chi connectivity index (χ3n) is 7.84. The summed E-state index contributed by atoms with van der Waals surface area (Å²) < 4.78 is 11.3. The summed E-state index contributed by atoms with van der Waals surface area (Å²) in [6.45, 7) is 6.63. The molecule has 5 rings (SSSR count). The molecule has 0 atom stereocenters. The molecule has 2 aliphatic carbocycles. The molecule has 3 aromatic rings. The number of rotatable bonds is 8. The number of aryl methyl sites for hydroxylation is 1. The van der Waals surface area contributed by atoms with Crippen molar-refractivity contribution >= 4 is 33.4 Å². The number of allylic oxidation sites excluding steroid dienone is 6. The summed E-state index contributed by atoms with van der Waals surface area (Å²) in [6, 6.07) is 29.8. The Morgan fingerprint density at radius 3 is 1.58 bits per heavy atom. The molecule has 7 nitrogen and oxygen atoms in total. The van der Waals surface area contributed by atoms with Gasteiger partial charge in [-0.25, -0.2) is 0 Å². The van der Waals surface area contributed by atoms with E-state index in [4.69, 9.17) is 9.47 Å². The first-order chi connectivity index (χ1) is 22.0. The van der Waals surface area contributed by atoms with Gasteiger partial charge in [-0.05, 0) is 61.2 Å². The van der Waals surface area contributed by atoms with E-state index >= 15 is 0 Å². The minimum absolute atomic E-state index is 0.0535. The molecule has 216 valence electrons. The van der Waals surface area contributed by atoms with Crippen LogP contribution in [0.2, 0.25) is 0 Å². The molecule has 0 N–H and O–H groups in total. The van der Waals surface area contributed by atoms with Crippen molar-refractivity contribution in [2.45, 2.75) is 20.8 Å². The molecule has 0 heterocycles. The van der Waals surface area contributed by atoms with Gasteiger partial charge < -0.3 is 9.47 Å². The average molecular weight is 586 g/mol. The summed E-state index contributed by atoms with van der Waals surface area (Å²) in [4.78, 5) is 0. The van der Waals surface area contributed by atoms with Gasteiger partial charge in [0.05, 0.1) is 59.3 Å². The summed E-state index contributed by atoms with van der Waals surface area (Å²) >= 11 is 0. The van der Waals surface area contributed by atoms with Crippen LogP contribution in [0.1, 0.15) is 58.4 Å². The van der Waals surface area contributed by atoms with Gasteiger partial charge in [-0.3, -0.25) is 0 Å². The second-order valence-corrected chi connectivity index (χ2v) is 10.4. The minimum atomic E-state index is 0.0535. The van der Waals surface area contributed by atoms with E-state index in [-0.39, 0.29) is 13.2 Å². The van der Waals surface area contributed by atoms with Gasteiger partial charge in [0.2, 0.25) is 0 Å². The smallest absolute Gasteiger partial charge is 0.100 e. The highest BCUT2D eigenvalue weighted by molar-refractivity contribution is 6.27.